The molecule has 1 N–H and O–H groups in total. The van der Waals surface area contributed by atoms with Gasteiger partial charge in [0.25, 0.3) is 5.56 Å². The van der Waals surface area contributed by atoms with Gasteiger partial charge in [0.2, 0.25) is 5.91 Å². The first-order valence-electron chi connectivity index (χ1n) is 8.82. The summed E-state index contributed by atoms with van der Waals surface area (Å²) in [6, 6.07) is 15.7. The van der Waals surface area contributed by atoms with E-state index in [-0.39, 0.29) is 11.5 Å². The van der Waals surface area contributed by atoms with Crippen molar-refractivity contribution in [3.63, 3.8) is 0 Å². The molecular weight excluding hydrogens is 340 g/mol. The van der Waals surface area contributed by atoms with Crippen LogP contribution in [0.5, 0.6) is 0 Å². The fourth-order valence-electron chi connectivity index (χ4n) is 3.23. The number of carbonyl (C=O) groups is 1. The van der Waals surface area contributed by atoms with Crippen LogP contribution >= 0.6 is 0 Å². The quantitative estimate of drug-likeness (QED) is 0.608. The SMILES string of the molecule is CN(C)C(=O)CCc1ccc2[nH]c(=O)c3cnc(-c4ccccc4)n3c2c1. The molecule has 0 fully saturated rings. The largest absolute Gasteiger partial charge is 0.349 e. The summed E-state index contributed by atoms with van der Waals surface area (Å²) in [6.07, 6.45) is 2.69. The fraction of sp³-hybridized carbons (Fsp3) is 0.190. The summed E-state index contributed by atoms with van der Waals surface area (Å²) in [5, 5.41) is 0. The van der Waals surface area contributed by atoms with Gasteiger partial charge in [0.15, 0.2) is 0 Å². The van der Waals surface area contributed by atoms with Gasteiger partial charge in [0.1, 0.15) is 11.3 Å². The van der Waals surface area contributed by atoms with Crippen LogP contribution in [0.3, 0.4) is 0 Å². The minimum absolute atomic E-state index is 0.0920. The zero-order valence-electron chi connectivity index (χ0n) is 15.3. The second kappa shape index (κ2) is 6.72. The molecule has 0 aliphatic heterocycles. The first-order chi connectivity index (χ1) is 13.0. The summed E-state index contributed by atoms with van der Waals surface area (Å²) in [5.74, 6) is 0.817. The van der Waals surface area contributed by atoms with E-state index < -0.39 is 0 Å². The maximum Gasteiger partial charge on any atom is 0.274 e. The van der Waals surface area contributed by atoms with Crippen LogP contribution in [0.25, 0.3) is 27.9 Å². The normalized spacial score (nSPS) is 11.2. The minimum Gasteiger partial charge on any atom is -0.349 e. The van der Waals surface area contributed by atoms with E-state index in [0.29, 0.717) is 18.4 Å². The van der Waals surface area contributed by atoms with Crippen molar-refractivity contribution in [1.29, 1.82) is 0 Å². The van der Waals surface area contributed by atoms with E-state index in [0.717, 1.165) is 28.0 Å². The smallest absolute Gasteiger partial charge is 0.274 e. The van der Waals surface area contributed by atoms with Crippen LogP contribution in [0.1, 0.15) is 12.0 Å². The Morgan fingerprint density at radius 1 is 1.11 bits per heavy atom. The number of benzene rings is 2. The molecule has 27 heavy (non-hydrogen) atoms. The lowest BCUT2D eigenvalue weighted by Gasteiger charge is -2.11. The number of fused-ring (bicyclic) bond motifs is 3. The standard InChI is InChI=1S/C21H20N4O2/c1-24(2)19(26)11-9-14-8-10-16-17(12-14)25-18(21(27)23-16)13-22-20(25)15-6-4-3-5-7-15/h3-8,10,12-13H,9,11H2,1-2H3,(H,23,27). The van der Waals surface area contributed by atoms with Crippen molar-refractivity contribution < 1.29 is 4.79 Å². The number of nitrogens with one attached hydrogen (secondary N) is 1. The van der Waals surface area contributed by atoms with Crippen LogP contribution in [-0.4, -0.2) is 39.3 Å². The van der Waals surface area contributed by atoms with E-state index in [1.54, 1.807) is 25.2 Å². The highest BCUT2D eigenvalue weighted by molar-refractivity contribution is 5.82. The molecule has 4 aromatic rings. The van der Waals surface area contributed by atoms with Crippen LogP contribution in [-0.2, 0) is 11.2 Å². The lowest BCUT2D eigenvalue weighted by molar-refractivity contribution is -0.128. The van der Waals surface area contributed by atoms with Crippen molar-refractivity contribution in [1.82, 2.24) is 19.3 Å². The van der Waals surface area contributed by atoms with Crippen molar-refractivity contribution >= 4 is 22.5 Å². The number of imidazole rings is 1. The molecule has 6 heteroatoms. The van der Waals surface area contributed by atoms with Crippen LogP contribution in [0.4, 0.5) is 0 Å². The molecule has 0 saturated carbocycles. The molecule has 6 nitrogen and oxygen atoms in total. The molecule has 0 unspecified atom stereocenters. The maximum absolute atomic E-state index is 12.4. The van der Waals surface area contributed by atoms with Crippen LogP contribution < -0.4 is 5.56 Å². The number of hydrogen-bond acceptors (Lipinski definition) is 3. The lowest BCUT2D eigenvalue weighted by Crippen LogP contribution is -2.21. The Labute approximate surface area is 156 Å². The maximum atomic E-state index is 12.4. The van der Waals surface area contributed by atoms with Gasteiger partial charge < -0.3 is 9.88 Å². The summed E-state index contributed by atoms with van der Waals surface area (Å²) in [4.78, 5) is 33.3. The van der Waals surface area contributed by atoms with Gasteiger partial charge in [-0.25, -0.2) is 4.98 Å². The fourth-order valence-corrected chi connectivity index (χ4v) is 3.23. The minimum atomic E-state index is -0.173. The number of hydrogen-bond donors (Lipinski definition) is 1. The number of aromatic amines is 1. The molecule has 1 amide bonds. The summed E-state index contributed by atoms with van der Waals surface area (Å²) in [6.45, 7) is 0. The highest BCUT2D eigenvalue weighted by atomic mass is 16.2. The molecule has 2 aromatic carbocycles. The van der Waals surface area contributed by atoms with E-state index >= 15 is 0 Å². The van der Waals surface area contributed by atoms with Gasteiger partial charge in [0, 0.05) is 26.1 Å². The highest BCUT2D eigenvalue weighted by Gasteiger charge is 2.13. The summed E-state index contributed by atoms with van der Waals surface area (Å²) >= 11 is 0. The number of nitrogens with zero attached hydrogens (tertiary/aromatic N) is 3. The molecule has 0 aliphatic carbocycles. The second-order valence-corrected chi connectivity index (χ2v) is 6.76. The summed E-state index contributed by atoms with van der Waals surface area (Å²) in [7, 11) is 3.52. The van der Waals surface area contributed by atoms with Crippen molar-refractivity contribution in [2.75, 3.05) is 14.1 Å². The van der Waals surface area contributed by atoms with Gasteiger partial charge >= 0.3 is 0 Å². The molecular formula is C21H20N4O2. The highest BCUT2D eigenvalue weighted by Crippen LogP contribution is 2.23. The Balaban J connectivity index is 1.87. The Bertz CT molecular complexity index is 1190. The van der Waals surface area contributed by atoms with E-state index in [1.807, 2.05) is 52.9 Å². The monoisotopic (exact) mass is 360 g/mol. The van der Waals surface area contributed by atoms with E-state index in [9.17, 15) is 9.59 Å². The van der Waals surface area contributed by atoms with Crippen LogP contribution in [0.2, 0.25) is 0 Å². The molecule has 4 rings (SSSR count). The molecule has 0 atom stereocenters. The van der Waals surface area contributed by atoms with Crippen molar-refractivity contribution in [3.05, 3.63) is 70.6 Å². The van der Waals surface area contributed by atoms with E-state index in [2.05, 4.69) is 9.97 Å². The number of aryl methyl sites for hydroxylation is 1. The van der Waals surface area contributed by atoms with Gasteiger partial charge in [-0.05, 0) is 24.1 Å². The third-order valence-electron chi connectivity index (χ3n) is 4.70. The molecule has 0 bridgehead atoms. The van der Waals surface area contributed by atoms with Gasteiger partial charge in [-0.15, -0.1) is 0 Å². The molecule has 136 valence electrons. The van der Waals surface area contributed by atoms with Crippen LogP contribution in [0, 0.1) is 0 Å². The number of aromatic nitrogens is 3. The number of rotatable bonds is 4. The molecule has 0 saturated heterocycles. The second-order valence-electron chi connectivity index (χ2n) is 6.76. The molecule has 2 aromatic heterocycles. The topological polar surface area (TPSA) is 70.5 Å². The van der Waals surface area contributed by atoms with Gasteiger partial charge in [-0.2, -0.15) is 0 Å². The van der Waals surface area contributed by atoms with Crippen LogP contribution in [0.15, 0.2) is 59.5 Å². The summed E-state index contributed by atoms with van der Waals surface area (Å²) in [5.41, 5.74) is 3.92. The van der Waals surface area contributed by atoms with Crippen molar-refractivity contribution in [2.24, 2.45) is 0 Å². The average Bonchev–Trinajstić information content (AvgIpc) is 3.13. The van der Waals surface area contributed by atoms with Crippen molar-refractivity contribution in [3.8, 4) is 11.4 Å². The first-order valence-corrected chi connectivity index (χ1v) is 8.82. The molecule has 0 radical (unpaired) electrons. The third kappa shape index (κ3) is 3.10. The Morgan fingerprint density at radius 3 is 2.63 bits per heavy atom. The predicted molar refractivity (Wildman–Crippen MR) is 106 cm³/mol. The summed E-state index contributed by atoms with van der Waals surface area (Å²) < 4.78 is 1.89. The number of amides is 1. The zero-order chi connectivity index (χ0) is 19.0. The van der Waals surface area contributed by atoms with Crippen molar-refractivity contribution in [2.45, 2.75) is 12.8 Å². The van der Waals surface area contributed by atoms with E-state index in [1.165, 1.54) is 0 Å². The Morgan fingerprint density at radius 2 is 1.89 bits per heavy atom. The van der Waals surface area contributed by atoms with Gasteiger partial charge in [-0.1, -0.05) is 36.4 Å². The number of H-pyrrole nitrogens is 1. The Hall–Kier alpha value is -3.41. The molecule has 0 aliphatic rings. The van der Waals surface area contributed by atoms with Gasteiger partial charge in [-0.3, -0.25) is 14.0 Å². The number of carbonyl (C=O) groups excluding carboxylic acids is 1. The van der Waals surface area contributed by atoms with E-state index in [4.69, 9.17) is 0 Å². The first kappa shape index (κ1) is 17.0. The third-order valence-corrected chi connectivity index (χ3v) is 4.70. The Kier molecular flexibility index (Phi) is 4.24. The predicted octanol–water partition coefficient (Wildman–Crippen LogP) is 2.86. The molecule has 2 heterocycles. The lowest BCUT2D eigenvalue weighted by atomic mass is 10.1. The molecule has 0 spiro atoms. The zero-order valence-corrected chi connectivity index (χ0v) is 15.3. The van der Waals surface area contributed by atoms with Gasteiger partial charge in [0.05, 0.1) is 17.2 Å². The average molecular weight is 360 g/mol.